The molecule has 4 aromatic rings. The maximum Gasteiger partial charge on any atom is 0.283 e. The van der Waals surface area contributed by atoms with Crippen molar-refractivity contribution in [3.05, 3.63) is 63.9 Å². The third kappa shape index (κ3) is 3.86. The van der Waals surface area contributed by atoms with Crippen molar-refractivity contribution in [2.24, 2.45) is 0 Å². The molecule has 0 atom stereocenters. The number of aromatic nitrogens is 3. The second kappa shape index (κ2) is 8.70. The van der Waals surface area contributed by atoms with Crippen LogP contribution in [0.1, 0.15) is 48.5 Å². The Balaban J connectivity index is 1.51. The van der Waals surface area contributed by atoms with E-state index in [2.05, 4.69) is 28.4 Å². The summed E-state index contributed by atoms with van der Waals surface area (Å²) in [7, 11) is 0. The predicted molar refractivity (Wildman–Crippen MR) is 128 cm³/mol. The van der Waals surface area contributed by atoms with Crippen LogP contribution in [-0.4, -0.2) is 38.5 Å². The summed E-state index contributed by atoms with van der Waals surface area (Å²) in [5.74, 6) is 0.0126. The Morgan fingerprint density at radius 1 is 1.09 bits per heavy atom. The summed E-state index contributed by atoms with van der Waals surface area (Å²) in [4.78, 5) is 33.1. The lowest BCUT2D eigenvalue weighted by Crippen LogP contribution is -2.31. The highest BCUT2D eigenvalue weighted by atomic mass is 32.1. The van der Waals surface area contributed by atoms with Gasteiger partial charge in [0.2, 0.25) is 10.1 Å². The maximum absolute atomic E-state index is 13.0. The van der Waals surface area contributed by atoms with E-state index in [0.29, 0.717) is 26.6 Å². The van der Waals surface area contributed by atoms with Crippen LogP contribution in [0.25, 0.3) is 15.9 Å². The summed E-state index contributed by atoms with van der Waals surface area (Å²) in [5.41, 5.74) is 3.02. The minimum Gasteiger partial charge on any atom is -0.339 e. The van der Waals surface area contributed by atoms with Crippen LogP contribution < -0.4 is 10.9 Å². The molecule has 8 heteroatoms. The van der Waals surface area contributed by atoms with Crippen molar-refractivity contribution in [3.8, 4) is 0 Å². The van der Waals surface area contributed by atoms with E-state index in [1.807, 2.05) is 23.1 Å². The zero-order chi connectivity index (χ0) is 22.1. The lowest BCUT2D eigenvalue weighted by atomic mass is 10.1. The number of hydrogen-bond acceptors (Lipinski definition) is 6. The van der Waals surface area contributed by atoms with Crippen molar-refractivity contribution in [2.75, 3.05) is 18.4 Å². The number of fused-ring (bicyclic) bond motifs is 2. The van der Waals surface area contributed by atoms with E-state index >= 15 is 0 Å². The van der Waals surface area contributed by atoms with Crippen molar-refractivity contribution in [1.29, 1.82) is 0 Å². The highest BCUT2D eigenvalue weighted by Crippen LogP contribution is 2.26. The first kappa shape index (κ1) is 20.6. The van der Waals surface area contributed by atoms with Gasteiger partial charge in [-0.3, -0.25) is 9.59 Å². The number of nitrogens with one attached hydrogen (secondary N) is 1. The fraction of sp³-hybridized carbons (Fsp3) is 0.333. The van der Waals surface area contributed by atoms with Crippen LogP contribution in [0.4, 0.5) is 10.8 Å². The molecule has 0 aliphatic carbocycles. The fourth-order valence-electron chi connectivity index (χ4n) is 4.21. The Bertz CT molecular complexity index is 1350. The summed E-state index contributed by atoms with van der Waals surface area (Å²) in [6, 6.07) is 13.2. The monoisotopic (exact) mass is 447 g/mol. The summed E-state index contributed by atoms with van der Waals surface area (Å²) in [5, 5.41) is 8.83. The summed E-state index contributed by atoms with van der Waals surface area (Å²) < 4.78 is 1.33. The third-order valence-electron chi connectivity index (χ3n) is 5.98. The van der Waals surface area contributed by atoms with Crippen LogP contribution in [0.15, 0.2) is 47.3 Å². The quantitative estimate of drug-likeness (QED) is 0.494. The van der Waals surface area contributed by atoms with E-state index in [1.54, 1.807) is 18.2 Å². The van der Waals surface area contributed by atoms with Gasteiger partial charge in [0.1, 0.15) is 0 Å². The number of aryl methyl sites for hydroxylation is 1. The SMILES string of the molecule is CCc1ccccc1Nc1nn2c(=O)c3ccc(C(=O)N4CCCCCC4)cc3nc2s1. The highest BCUT2D eigenvalue weighted by molar-refractivity contribution is 7.20. The van der Waals surface area contributed by atoms with Gasteiger partial charge < -0.3 is 10.2 Å². The summed E-state index contributed by atoms with van der Waals surface area (Å²) >= 11 is 1.32. The first-order valence-electron chi connectivity index (χ1n) is 11.1. The molecule has 2 aromatic carbocycles. The third-order valence-corrected chi connectivity index (χ3v) is 6.80. The minimum absolute atomic E-state index is 0.0126. The molecule has 2 aromatic heterocycles. The lowest BCUT2D eigenvalue weighted by molar-refractivity contribution is 0.0762. The Labute approximate surface area is 189 Å². The van der Waals surface area contributed by atoms with E-state index < -0.39 is 0 Å². The smallest absolute Gasteiger partial charge is 0.283 e. The Morgan fingerprint density at radius 3 is 2.66 bits per heavy atom. The second-order valence-electron chi connectivity index (χ2n) is 8.09. The van der Waals surface area contributed by atoms with Gasteiger partial charge in [-0.05, 0) is 49.1 Å². The van der Waals surface area contributed by atoms with Gasteiger partial charge in [-0.1, -0.05) is 49.3 Å². The van der Waals surface area contributed by atoms with Crippen LogP contribution in [0.5, 0.6) is 0 Å². The molecule has 1 amide bonds. The van der Waals surface area contributed by atoms with E-state index in [1.165, 1.54) is 34.3 Å². The zero-order valence-corrected chi connectivity index (χ0v) is 18.8. The van der Waals surface area contributed by atoms with Gasteiger partial charge in [0, 0.05) is 24.3 Å². The number of anilines is 2. The largest absolute Gasteiger partial charge is 0.339 e. The molecule has 32 heavy (non-hydrogen) atoms. The topological polar surface area (TPSA) is 79.6 Å². The number of nitrogens with zero attached hydrogens (tertiary/aromatic N) is 4. The Hall–Kier alpha value is -3.26. The molecule has 1 N–H and O–H groups in total. The maximum atomic E-state index is 13.0. The molecule has 3 heterocycles. The van der Waals surface area contributed by atoms with Gasteiger partial charge in [-0.2, -0.15) is 4.52 Å². The molecule has 7 nitrogen and oxygen atoms in total. The van der Waals surface area contributed by atoms with Crippen molar-refractivity contribution in [3.63, 3.8) is 0 Å². The van der Waals surface area contributed by atoms with Crippen molar-refractivity contribution in [1.82, 2.24) is 19.5 Å². The van der Waals surface area contributed by atoms with Gasteiger partial charge in [-0.25, -0.2) is 4.98 Å². The zero-order valence-electron chi connectivity index (χ0n) is 18.0. The number of benzene rings is 2. The molecule has 0 saturated carbocycles. The normalized spacial score (nSPS) is 14.6. The molecule has 1 fully saturated rings. The van der Waals surface area contributed by atoms with Gasteiger partial charge in [0.25, 0.3) is 11.5 Å². The molecule has 0 spiro atoms. The number of amides is 1. The van der Waals surface area contributed by atoms with E-state index in [0.717, 1.165) is 38.0 Å². The first-order valence-corrected chi connectivity index (χ1v) is 11.9. The van der Waals surface area contributed by atoms with Crippen LogP contribution in [0, 0.1) is 0 Å². The number of hydrogen-bond donors (Lipinski definition) is 1. The van der Waals surface area contributed by atoms with Crippen molar-refractivity contribution in [2.45, 2.75) is 39.0 Å². The molecule has 0 unspecified atom stereocenters. The van der Waals surface area contributed by atoms with E-state index in [9.17, 15) is 9.59 Å². The first-order chi connectivity index (χ1) is 15.6. The average molecular weight is 448 g/mol. The van der Waals surface area contributed by atoms with Gasteiger partial charge in [0.15, 0.2) is 0 Å². The van der Waals surface area contributed by atoms with E-state index in [4.69, 9.17) is 0 Å². The van der Waals surface area contributed by atoms with Gasteiger partial charge >= 0.3 is 0 Å². The highest BCUT2D eigenvalue weighted by Gasteiger charge is 2.19. The van der Waals surface area contributed by atoms with Crippen LogP contribution in [0.3, 0.4) is 0 Å². The Morgan fingerprint density at radius 2 is 1.88 bits per heavy atom. The molecule has 164 valence electrons. The summed E-state index contributed by atoms with van der Waals surface area (Å²) in [6.45, 7) is 3.67. The molecule has 0 radical (unpaired) electrons. The second-order valence-corrected chi connectivity index (χ2v) is 9.05. The average Bonchev–Trinajstić information content (AvgIpc) is 3.03. The molecule has 1 saturated heterocycles. The number of para-hydroxylation sites is 1. The molecular formula is C24H25N5O2S. The van der Waals surface area contributed by atoms with Crippen LogP contribution in [-0.2, 0) is 6.42 Å². The van der Waals surface area contributed by atoms with Crippen molar-refractivity contribution < 1.29 is 4.79 Å². The predicted octanol–water partition coefficient (Wildman–Crippen LogP) is 4.63. The summed E-state index contributed by atoms with van der Waals surface area (Å²) in [6.07, 6.45) is 5.31. The van der Waals surface area contributed by atoms with Crippen LogP contribution in [0.2, 0.25) is 0 Å². The van der Waals surface area contributed by atoms with E-state index in [-0.39, 0.29) is 11.5 Å². The number of likely N-dealkylation sites (tertiary alicyclic amines) is 1. The van der Waals surface area contributed by atoms with Crippen LogP contribution >= 0.6 is 11.3 Å². The molecule has 0 bridgehead atoms. The minimum atomic E-state index is -0.230. The molecular weight excluding hydrogens is 422 g/mol. The lowest BCUT2D eigenvalue weighted by Gasteiger charge is -2.20. The van der Waals surface area contributed by atoms with Gasteiger partial charge in [-0.15, -0.1) is 5.10 Å². The van der Waals surface area contributed by atoms with Gasteiger partial charge in [0.05, 0.1) is 10.9 Å². The number of carbonyl (C=O) groups excluding carboxylic acids is 1. The number of carbonyl (C=O) groups is 1. The Kier molecular flexibility index (Phi) is 5.61. The molecule has 1 aliphatic heterocycles. The standard InChI is InChI=1S/C24H25N5O2S/c1-2-16-9-5-6-10-19(16)25-23-27-29-22(31)18-12-11-17(15-20(18)26-24(29)32-23)21(30)28-13-7-3-4-8-14-28/h5-6,9-12,15H,2-4,7-8,13-14H2,1H3,(H,25,27). The van der Waals surface area contributed by atoms with Crippen molar-refractivity contribution >= 4 is 43.9 Å². The molecule has 5 rings (SSSR count). The number of rotatable bonds is 4. The molecule has 1 aliphatic rings. The fourth-order valence-corrected chi connectivity index (χ4v) is 5.02.